The number of aromatic nitrogens is 2. The molecule has 102 valence electrons. The van der Waals surface area contributed by atoms with Crippen molar-refractivity contribution in [2.45, 2.75) is 6.54 Å². The van der Waals surface area contributed by atoms with Crippen LogP contribution in [0.25, 0.3) is 11.0 Å². The summed E-state index contributed by atoms with van der Waals surface area (Å²) in [5.41, 5.74) is 2.68. The van der Waals surface area contributed by atoms with Gasteiger partial charge in [0, 0.05) is 18.2 Å². The quantitative estimate of drug-likeness (QED) is 0.681. The predicted octanol–water partition coefficient (Wildman–Crippen LogP) is 2.89. The first-order chi connectivity index (χ1) is 9.76. The summed E-state index contributed by atoms with van der Waals surface area (Å²) < 4.78 is 5.05. The van der Waals surface area contributed by atoms with E-state index in [9.17, 15) is 5.11 Å². The van der Waals surface area contributed by atoms with E-state index < -0.39 is 0 Å². The summed E-state index contributed by atoms with van der Waals surface area (Å²) in [5.74, 6) is 1.52. The van der Waals surface area contributed by atoms with Crippen molar-refractivity contribution in [3.63, 3.8) is 0 Å². The molecule has 0 unspecified atom stereocenters. The molecule has 0 spiro atoms. The number of nitrogens with zero attached hydrogens (tertiary/aromatic N) is 1. The number of rotatable bonds is 4. The number of ether oxygens (including phenoxy) is 1. The van der Waals surface area contributed by atoms with Crippen LogP contribution in [-0.4, -0.2) is 22.2 Å². The van der Waals surface area contributed by atoms with E-state index in [2.05, 4.69) is 15.3 Å². The van der Waals surface area contributed by atoms with Crippen molar-refractivity contribution in [1.82, 2.24) is 9.97 Å². The van der Waals surface area contributed by atoms with Gasteiger partial charge in [-0.3, -0.25) is 0 Å². The molecule has 0 aliphatic carbocycles. The Labute approximate surface area is 116 Å². The van der Waals surface area contributed by atoms with Crippen LogP contribution in [0.1, 0.15) is 5.56 Å². The Kier molecular flexibility index (Phi) is 3.16. The van der Waals surface area contributed by atoms with E-state index in [4.69, 9.17) is 4.74 Å². The number of para-hydroxylation sites is 2. The van der Waals surface area contributed by atoms with Crippen LogP contribution in [0.5, 0.6) is 11.5 Å². The highest BCUT2D eigenvalue weighted by molar-refractivity contribution is 5.77. The summed E-state index contributed by atoms with van der Waals surface area (Å²) in [6.07, 6.45) is 0. The lowest BCUT2D eigenvalue weighted by molar-refractivity contribution is 0.406. The lowest BCUT2D eigenvalue weighted by atomic mass is 10.2. The van der Waals surface area contributed by atoms with Gasteiger partial charge in [0.15, 0.2) is 0 Å². The Hall–Kier alpha value is -2.69. The van der Waals surface area contributed by atoms with Gasteiger partial charge < -0.3 is 20.1 Å². The van der Waals surface area contributed by atoms with Crippen LogP contribution in [0, 0.1) is 0 Å². The van der Waals surface area contributed by atoms with Crippen molar-refractivity contribution in [1.29, 1.82) is 0 Å². The van der Waals surface area contributed by atoms with Gasteiger partial charge in [-0.25, -0.2) is 4.98 Å². The molecule has 0 aliphatic rings. The van der Waals surface area contributed by atoms with Crippen LogP contribution in [0.3, 0.4) is 0 Å². The third kappa shape index (κ3) is 2.38. The molecule has 0 bridgehead atoms. The molecule has 1 aromatic heterocycles. The summed E-state index contributed by atoms with van der Waals surface area (Å²) in [6.45, 7) is 0.482. The fourth-order valence-corrected chi connectivity index (χ4v) is 2.04. The Morgan fingerprint density at radius 2 is 2.10 bits per heavy atom. The average molecular weight is 269 g/mol. The normalized spacial score (nSPS) is 10.7. The maximum absolute atomic E-state index is 9.89. The van der Waals surface area contributed by atoms with E-state index in [0.717, 1.165) is 16.6 Å². The fourth-order valence-electron chi connectivity index (χ4n) is 2.04. The number of aromatic hydroxyl groups is 1. The Morgan fingerprint density at radius 1 is 1.25 bits per heavy atom. The van der Waals surface area contributed by atoms with E-state index in [1.807, 2.05) is 36.4 Å². The zero-order valence-electron chi connectivity index (χ0n) is 11.1. The number of hydrogen-bond acceptors (Lipinski definition) is 4. The van der Waals surface area contributed by atoms with Crippen LogP contribution in [0.4, 0.5) is 5.95 Å². The smallest absolute Gasteiger partial charge is 0.201 e. The van der Waals surface area contributed by atoms with Crippen LogP contribution in [0.2, 0.25) is 0 Å². The molecular formula is C15H15N3O2. The zero-order chi connectivity index (χ0) is 13.9. The highest BCUT2D eigenvalue weighted by Crippen LogP contribution is 2.24. The molecule has 5 nitrogen and oxygen atoms in total. The van der Waals surface area contributed by atoms with Gasteiger partial charge in [-0.05, 0) is 24.3 Å². The Balaban J connectivity index is 1.75. The van der Waals surface area contributed by atoms with Crippen molar-refractivity contribution in [3.05, 3.63) is 48.0 Å². The van der Waals surface area contributed by atoms with E-state index in [1.165, 1.54) is 0 Å². The van der Waals surface area contributed by atoms with Crippen molar-refractivity contribution in [2.24, 2.45) is 0 Å². The minimum Gasteiger partial charge on any atom is -0.507 e. The van der Waals surface area contributed by atoms with E-state index >= 15 is 0 Å². The van der Waals surface area contributed by atoms with Crippen LogP contribution in [0.15, 0.2) is 42.5 Å². The number of anilines is 1. The van der Waals surface area contributed by atoms with Crippen molar-refractivity contribution in [2.75, 3.05) is 12.4 Å². The molecule has 0 amide bonds. The molecule has 1 heterocycles. The van der Waals surface area contributed by atoms with Crippen LogP contribution < -0.4 is 10.1 Å². The molecule has 3 aromatic rings. The highest BCUT2D eigenvalue weighted by atomic mass is 16.5. The first-order valence-corrected chi connectivity index (χ1v) is 6.31. The first kappa shape index (κ1) is 12.3. The monoisotopic (exact) mass is 269 g/mol. The summed E-state index contributed by atoms with van der Waals surface area (Å²) in [7, 11) is 1.57. The minimum atomic E-state index is 0.202. The highest BCUT2D eigenvalue weighted by Gasteiger charge is 2.05. The topological polar surface area (TPSA) is 70.2 Å². The fraction of sp³-hybridized carbons (Fsp3) is 0.133. The van der Waals surface area contributed by atoms with E-state index in [1.54, 1.807) is 13.2 Å². The molecule has 2 aromatic carbocycles. The van der Waals surface area contributed by atoms with Gasteiger partial charge in [-0.15, -0.1) is 0 Å². The summed E-state index contributed by atoms with van der Waals surface area (Å²) in [4.78, 5) is 7.60. The number of benzene rings is 2. The Morgan fingerprint density at radius 3 is 2.85 bits per heavy atom. The number of imidazole rings is 1. The molecule has 0 saturated heterocycles. The van der Waals surface area contributed by atoms with Gasteiger partial charge in [0.2, 0.25) is 5.95 Å². The van der Waals surface area contributed by atoms with Gasteiger partial charge in [0.1, 0.15) is 11.5 Å². The second kappa shape index (κ2) is 5.13. The zero-order valence-corrected chi connectivity index (χ0v) is 11.1. The van der Waals surface area contributed by atoms with E-state index in [-0.39, 0.29) is 5.75 Å². The lowest BCUT2D eigenvalue weighted by Crippen LogP contribution is -2.01. The third-order valence-corrected chi connectivity index (χ3v) is 3.13. The maximum Gasteiger partial charge on any atom is 0.201 e. The maximum atomic E-state index is 9.89. The van der Waals surface area contributed by atoms with Crippen LogP contribution >= 0.6 is 0 Å². The number of hydrogen-bond donors (Lipinski definition) is 3. The number of phenols is 1. The molecule has 0 radical (unpaired) electrons. The van der Waals surface area contributed by atoms with Crippen molar-refractivity contribution < 1.29 is 9.84 Å². The molecule has 0 saturated carbocycles. The number of aromatic amines is 1. The molecule has 0 atom stereocenters. The van der Waals surface area contributed by atoms with Gasteiger partial charge >= 0.3 is 0 Å². The second-order valence-corrected chi connectivity index (χ2v) is 4.45. The standard InChI is InChI=1S/C15H15N3O2/c1-20-11-7-6-10(14(19)8-11)9-16-15-17-12-4-2-3-5-13(12)18-15/h2-8,19H,9H2,1H3,(H2,16,17,18). The summed E-state index contributed by atoms with van der Waals surface area (Å²) >= 11 is 0. The van der Waals surface area contributed by atoms with Gasteiger partial charge in [0.25, 0.3) is 0 Å². The summed E-state index contributed by atoms with van der Waals surface area (Å²) in [5, 5.41) is 13.1. The number of H-pyrrole nitrogens is 1. The number of phenolic OH excluding ortho intramolecular Hbond substituents is 1. The number of fused-ring (bicyclic) bond motifs is 1. The Bertz CT molecular complexity index is 704. The SMILES string of the molecule is COc1ccc(CNc2nc3ccccc3[nH]2)c(O)c1. The molecule has 0 aliphatic heterocycles. The third-order valence-electron chi connectivity index (χ3n) is 3.13. The molecule has 5 heteroatoms. The lowest BCUT2D eigenvalue weighted by Gasteiger charge is -2.07. The van der Waals surface area contributed by atoms with Gasteiger partial charge in [-0.2, -0.15) is 0 Å². The summed E-state index contributed by atoms with van der Waals surface area (Å²) in [6, 6.07) is 13.1. The van der Waals surface area contributed by atoms with Gasteiger partial charge in [0.05, 0.1) is 18.1 Å². The average Bonchev–Trinajstić information content (AvgIpc) is 2.88. The number of nitrogens with one attached hydrogen (secondary N) is 2. The molecule has 3 N–H and O–H groups in total. The molecule has 20 heavy (non-hydrogen) atoms. The largest absolute Gasteiger partial charge is 0.507 e. The minimum absolute atomic E-state index is 0.202. The predicted molar refractivity (Wildman–Crippen MR) is 78.1 cm³/mol. The van der Waals surface area contributed by atoms with Crippen molar-refractivity contribution in [3.8, 4) is 11.5 Å². The van der Waals surface area contributed by atoms with Gasteiger partial charge in [-0.1, -0.05) is 12.1 Å². The van der Waals surface area contributed by atoms with E-state index in [0.29, 0.717) is 18.2 Å². The molecule has 3 rings (SSSR count). The molecular weight excluding hydrogens is 254 g/mol. The molecule has 0 fully saturated rings. The van der Waals surface area contributed by atoms with Crippen LogP contribution in [-0.2, 0) is 6.54 Å². The number of methoxy groups -OCH3 is 1. The van der Waals surface area contributed by atoms with Crippen molar-refractivity contribution >= 4 is 17.0 Å². The first-order valence-electron chi connectivity index (χ1n) is 6.31. The second-order valence-electron chi connectivity index (χ2n) is 4.45.